The van der Waals surface area contributed by atoms with Crippen LogP contribution in [0.2, 0.25) is 0 Å². The summed E-state index contributed by atoms with van der Waals surface area (Å²) in [4.78, 5) is 0. The molecule has 0 aromatic heterocycles. The van der Waals surface area contributed by atoms with Gasteiger partial charge in [0, 0.05) is 6.61 Å². The van der Waals surface area contributed by atoms with E-state index in [1.54, 1.807) is 0 Å². The normalized spacial score (nSPS) is 15.4. The Balaban J connectivity index is 4.53. The van der Waals surface area contributed by atoms with Crippen molar-refractivity contribution in [2.75, 3.05) is 32.8 Å². The zero-order chi connectivity index (χ0) is 19.4. The molecule has 1 unspecified atom stereocenters. The molecular formula is C22H48NO2+. The van der Waals surface area contributed by atoms with Gasteiger partial charge < -0.3 is 14.0 Å². The van der Waals surface area contributed by atoms with Gasteiger partial charge in [-0.3, -0.25) is 0 Å². The van der Waals surface area contributed by atoms with E-state index in [1.165, 1.54) is 56.3 Å². The molecule has 152 valence electrons. The minimum Gasteiger partial charge on any atom is -0.351 e. The first-order chi connectivity index (χ1) is 11.7. The van der Waals surface area contributed by atoms with Crippen LogP contribution in [0.1, 0.15) is 100 Å². The summed E-state index contributed by atoms with van der Waals surface area (Å²) < 4.78 is 13.5. The van der Waals surface area contributed by atoms with Gasteiger partial charge in [-0.05, 0) is 66.7 Å². The molecule has 0 aliphatic carbocycles. The Hall–Kier alpha value is -0.120. The zero-order valence-electron chi connectivity index (χ0n) is 18.7. The summed E-state index contributed by atoms with van der Waals surface area (Å²) in [5.74, 6) is -0.499. The Morgan fingerprint density at radius 2 is 1.32 bits per heavy atom. The number of hydrogen-bond acceptors (Lipinski definition) is 2. The Bertz CT molecular complexity index is 328. The summed E-state index contributed by atoms with van der Waals surface area (Å²) in [5.41, 5.74) is -0.143. The third kappa shape index (κ3) is 11.2. The molecule has 0 amide bonds. The number of unbranched alkanes of at least 4 members (excludes halogenated alkanes) is 2. The van der Waals surface area contributed by atoms with Gasteiger partial charge in [0.05, 0.1) is 31.8 Å². The van der Waals surface area contributed by atoms with Gasteiger partial charge in [-0.2, -0.15) is 0 Å². The molecule has 0 N–H and O–H groups in total. The molecule has 0 spiro atoms. The second-order valence-electron chi connectivity index (χ2n) is 8.75. The lowest BCUT2D eigenvalue weighted by atomic mass is 10.0. The van der Waals surface area contributed by atoms with E-state index in [9.17, 15) is 0 Å². The second-order valence-corrected chi connectivity index (χ2v) is 8.75. The molecule has 0 aromatic carbocycles. The fourth-order valence-electron chi connectivity index (χ4n) is 3.83. The molecular weight excluding hydrogens is 310 g/mol. The van der Waals surface area contributed by atoms with Crippen molar-refractivity contribution >= 4 is 0 Å². The Labute approximate surface area is 159 Å². The summed E-state index contributed by atoms with van der Waals surface area (Å²) >= 11 is 0. The molecule has 3 heteroatoms. The van der Waals surface area contributed by atoms with Crippen LogP contribution in [0.3, 0.4) is 0 Å². The van der Waals surface area contributed by atoms with Crippen LogP contribution in [-0.2, 0) is 9.47 Å². The van der Waals surface area contributed by atoms with Crippen molar-refractivity contribution in [3.05, 3.63) is 0 Å². The molecule has 0 radical (unpaired) electrons. The lowest BCUT2D eigenvalue weighted by Crippen LogP contribution is -2.50. The maximum atomic E-state index is 6.33. The van der Waals surface area contributed by atoms with E-state index in [2.05, 4.69) is 55.4 Å². The van der Waals surface area contributed by atoms with Crippen molar-refractivity contribution in [2.24, 2.45) is 0 Å². The Morgan fingerprint density at radius 1 is 0.720 bits per heavy atom. The highest BCUT2D eigenvalue weighted by Gasteiger charge is 2.31. The summed E-state index contributed by atoms with van der Waals surface area (Å²) in [6.07, 6.45) is 8.46. The van der Waals surface area contributed by atoms with Gasteiger partial charge in [0.25, 0.3) is 0 Å². The number of ether oxygens (including phenoxy) is 2. The first kappa shape index (κ1) is 24.9. The lowest BCUT2D eigenvalue weighted by Gasteiger charge is -2.40. The molecule has 1 atom stereocenters. The number of nitrogens with zero attached hydrogens (tertiary/aromatic N) is 1. The van der Waals surface area contributed by atoms with Gasteiger partial charge in [0.15, 0.2) is 5.79 Å². The van der Waals surface area contributed by atoms with Crippen molar-refractivity contribution in [1.29, 1.82) is 0 Å². The van der Waals surface area contributed by atoms with Crippen LogP contribution >= 0.6 is 0 Å². The second kappa shape index (κ2) is 12.3. The Kier molecular flexibility index (Phi) is 12.2. The largest absolute Gasteiger partial charge is 0.351 e. The Morgan fingerprint density at radius 3 is 1.84 bits per heavy atom. The molecule has 0 aliphatic rings. The highest BCUT2D eigenvalue weighted by molar-refractivity contribution is 4.72. The molecule has 0 heterocycles. The molecule has 3 nitrogen and oxygen atoms in total. The standard InChI is InChI=1S/C22H48NO2/c1-9-13-18-23(12-4,17-11-3)19-15-16-21(5,6)25-22(7,8)24-20-14-10-2/h9-20H2,1-8H3/q+1. The van der Waals surface area contributed by atoms with Gasteiger partial charge in [-0.15, -0.1) is 0 Å². The number of hydrogen-bond donors (Lipinski definition) is 0. The first-order valence-electron chi connectivity index (χ1n) is 10.8. The van der Waals surface area contributed by atoms with E-state index in [-0.39, 0.29) is 5.60 Å². The minimum atomic E-state index is -0.499. The van der Waals surface area contributed by atoms with E-state index in [1.807, 2.05) is 0 Å². The highest BCUT2D eigenvalue weighted by atomic mass is 16.7. The SMILES string of the molecule is CCCCOC(C)(C)OC(C)(C)CCC[N+](CC)(CCC)CCCC. The molecule has 0 rings (SSSR count). The highest BCUT2D eigenvalue weighted by Crippen LogP contribution is 2.26. The van der Waals surface area contributed by atoms with E-state index < -0.39 is 5.79 Å². The maximum absolute atomic E-state index is 6.33. The smallest absolute Gasteiger partial charge is 0.163 e. The monoisotopic (exact) mass is 358 g/mol. The van der Waals surface area contributed by atoms with Crippen molar-refractivity contribution in [3.63, 3.8) is 0 Å². The molecule has 25 heavy (non-hydrogen) atoms. The van der Waals surface area contributed by atoms with Crippen molar-refractivity contribution in [1.82, 2.24) is 0 Å². The predicted molar refractivity (Wildman–Crippen MR) is 110 cm³/mol. The third-order valence-electron chi connectivity index (χ3n) is 5.24. The van der Waals surface area contributed by atoms with Crippen molar-refractivity contribution in [3.8, 4) is 0 Å². The molecule has 0 bridgehead atoms. The van der Waals surface area contributed by atoms with Crippen LogP contribution in [0.4, 0.5) is 0 Å². The molecule has 0 fully saturated rings. The maximum Gasteiger partial charge on any atom is 0.163 e. The quantitative estimate of drug-likeness (QED) is 0.187. The van der Waals surface area contributed by atoms with E-state index in [0.717, 1.165) is 25.9 Å². The van der Waals surface area contributed by atoms with Crippen LogP contribution in [0.5, 0.6) is 0 Å². The van der Waals surface area contributed by atoms with E-state index >= 15 is 0 Å². The minimum absolute atomic E-state index is 0.143. The zero-order valence-corrected chi connectivity index (χ0v) is 18.7. The molecule has 0 saturated heterocycles. The van der Waals surface area contributed by atoms with Crippen LogP contribution in [0, 0.1) is 0 Å². The topological polar surface area (TPSA) is 18.5 Å². The first-order valence-corrected chi connectivity index (χ1v) is 10.8. The third-order valence-corrected chi connectivity index (χ3v) is 5.24. The van der Waals surface area contributed by atoms with Crippen LogP contribution in [0.25, 0.3) is 0 Å². The average Bonchev–Trinajstić information content (AvgIpc) is 2.51. The van der Waals surface area contributed by atoms with Crippen LogP contribution < -0.4 is 0 Å². The van der Waals surface area contributed by atoms with E-state index in [0.29, 0.717) is 0 Å². The summed E-state index contributed by atoms with van der Waals surface area (Å²) in [6, 6.07) is 0. The summed E-state index contributed by atoms with van der Waals surface area (Å²) in [6.45, 7) is 23.6. The molecule has 0 saturated carbocycles. The summed E-state index contributed by atoms with van der Waals surface area (Å²) in [5, 5.41) is 0. The fraction of sp³-hybridized carbons (Fsp3) is 1.00. The van der Waals surface area contributed by atoms with Gasteiger partial charge in [-0.1, -0.05) is 33.6 Å². The van der Waals surface area contributed by atoms with Gasteiger partial charge in [0.1, 0.15) is 0 Å². The lowest BCUT2D eigenvalue weighted by molar-refractivity contribution is -0.927. The molecule has 0 aliphatic heterocycles. The van der Waals surface area contributed by atoms with Crippen molar-refractivity contribution in [2.45, 2.75) is 112 Å². The van der Waals surface area contributed by atoms with Crippen molar-refractivity contribution < 1.29 is 14.0 Å². The predicted octanol–water partition coefficient (Wildman–Crippen LogP) is 6.16. The van der Waals surface area contributed by atoms with E-state index in [4.69, 9.17) is 9.47 Å². The van der Waals surface area contributed by atoms with Gasteiger partial charge >= 0.3 is 0 Å². The fourth-order valence-corrected chi connectivity index (χ4v) is 3.83. The van der Waals surface area contributed by atoms with Gasteiger partial charge in [-0.25, -0.2) is 0 Å². The average molecular weight is 359 g/mol. The summed E-state index contributed by atoms with van der Waals surface area (Å²) in [7, 11) is 0. The molecule has 0 aromatic rings. The number of rotatable bonds is 16. The van der Waals surface area contributed by atoms with Crippen LogP contribution in [-0.4, -0.2) is 48.7 Å². The van der Waals surface area contributed by atoms with Crippen LogP contribution in [0.15, 0.2) is 0 Å². The number of quaternary nitrogens is 1. The van der Waals surface area contributed by atoms with Gasteiger partial charge in [0.2, 0.25) is 0 Å².